The molecule has 1 aliphatic rings. The zero-order valence-corrected chi connectivity index (χ0v) is 14.2. The van der Waals surface area contributed by atoms with Gasteiger partial charge in [-0.3, -0.25) is 0 Å². The fourth-order valence-electron chi connectivity index (χ4n) is 2.76. The van der Waals surface area contributed by atoms with Crippen LogP contribution in [0.5, 0.6) is 17.5 Å². The maximum Gasteiger partial charge on any atom is 0.265 e. The van der Waals surface area contributed by atoms with Gasteiger partial charge in [0.1, 0.15) is 6.61 Å². The first-order valence-corrected chi connectivity index (χ1v) is 8.23. The van der Waals surface area contributed by atoms with E-state index >= 15 is 0 Å². The van der Waals surface area contributed by atoms with Crippen molar-refractivity contribution < 1.29 is 14.2 Å². The molecule has 1 aliphatic heterocycles. The molecule has 0 saturated carbocycles. The van der Waals surface area contributed by atoms with Crippen molar-refractivity contribution in [2.75, 3.05) is 32.2 Å². The van der Waals surface area contributed by atoms with Crippen LogP contribution in [0, 0.1) is 0 Å². The Kier molecular flexibility index (Phi) is 5.36. The van der Waals surface area contributed by atoms with Gasteiger partial charge in [-0.1, -0.05) is 30.3 Å². The largest absolute Gasteiger partial charge is 0.479 e. The van der Waals surface area contributed by atoms with Crippen molar-refractivity contribution in [2.24, 2.45) is 0 Å². The minimum Gasteiger partial charge on any atom is -0.479 e. The second-order valence-electron chi connectivity index (χ2n) is 5.69. The number of nitrogens with zero attached hydrogens (tertiary/aromatic N) is 3. The Balaban J connectivity index is 1.84. The number of rotatable bonds is 6. The third-order valence-electron chi connectivity index (χ3n) is 4.04. The Morgan fingerprint density at radius 3 is 2.12 bits per heavy atom. The first-order chi connectivity index (χ1) is 11.8. The number of ether oxygens (including phenoxy) is 3. The van der Waals surface area contributed by atoms with E-state index in [4.69, 9.17) is 14.2 Å². The van der Waals surface area contributed by atoms with E-state index in [0.717, 1.165) is 31.5 Å². The van der Waals surface area contributed by atoms with E-state index < -0.39 is 0 Å². The molecule has 0 radical (unpaired) electrons. The average molecular weight is 329 g/mol. The highest BCUT2D eigenvalue weighted by molar-refractivity contribution is 5.49. The van der Waals surface area contributed by atoms with Gasteiger partial charge in [0.15, 0.2) is 0 Å². The molecule has 128 valence electrons. The molecule has 2 heterocycles. The van der Waals surface area contributed by atoms with E-state index in [0.29, 0.717) is 30.1 Å². The summed E-state index contributed by atoms with van der Waals surface area (Å²) >= 11 is 0. The van der Waals surface area contributed by atoms with Gasteiger partial charge in [-0.05, 0) is 24.8 Å². The molecule has 0 unspecified atom stereocenters. The van der Waals surface area contributed by atoms with Crippen molar-refractivity contribution in [3.05, 3.63) is 35.9 Å². The maximum atomic E-state index is 5.88. The van der Waals surface area contributed by atoms with Crippen LogP contribution < -0.4 is 19.1 Å². The molecule has 0 amide bonds. The number of methoxy groups -OCH3 is 2. The molecule has 24 heavy (non-hydrogen) atoms. The van der Waals surface area contributed by atoms with E-state index in [1.165, 1.54) is 6.42 Å². The first-order valence-electron chi connectivity index (χ1n) is 8.23. The summed E-state index contributed by atoms with van der Waals surface area (Å²) in [6.45, 7) is 2.31. The predicted octanol–water partition coefficient (Wildman–Crippen LogP) is 3.06. The van der Waals surface area contributed by atoms with Crippen LogP contribution in [0.3, 0.4) is 0 Å². The fraction of sp³-hybridized carbons (Fsp3) is 0.444. The molecule has 3 rings (SSSR count). The number of anilines is 1. The van der Waals surface area contributed by atoms with Crippen LogP contribution in [0.25, 0.3) is 0 Å². The van der Waals surface area contributed by atoms with Gasteiger partial charge < -0.3 is 19.1 Å². The lowest BCUT2D eigenvalue weighted by Gasteiger charge is -2.27. The standard InChI is InChI=1S/C18H23N3O3/c1-22-16-15(24-13-14-9-5-3-6-10-14)17(23-2)20-18(19-16)21-11-7-4-8-12-21/h3,5-6,9-10H,4,7-8,11-13H2,1-2H3. The van der Waals surface area contributed by atoms with Gasteiger partial charge in [0.2, 0.25) is 11.7 Å². The maximum absolute atomic E-state index is 5.88. The summed E-state index contributed by atoms with van der Waals surface area (Å²) in [5.41, 5.74) is 1.06. The second-order valence-corrected chi connectivity index (χ2v) is 5.69. The molecule has 1 fully saturated rings. The van der Waals surface area contributed by atoms with Crippen molar-refractivity contribution in [2.45, 2.75) is 25.9 Å². The minimum absolute atomic E-state index is 0.401. The predicted molar refractivity (Wildman–Crippen MR) is 92.0 cm³/mol. The third-order valence-corrected chi connectivity index (χ3v) is 4.04. The van der Waals surface area contributed by atoms with Crippen LogP contribution >= 0.6 is 0 Å². The lowest BCUT2D eigenvalue weighted by atomic mass is 10.1. The summed E-state index contributed by atoms with van der Waals surface area (Å²) in [7, 11) is 3.16. The van der Waals surface area contributed by atoms with Gasteiger partial charge >= 0.3 is 0 Å². The number of piperidine rings is 1. The van der Waals surface area contributed by atoms with E-state index in [1.54, 1.807) is 14.2 Å². The zero-order chi connectivity index (χ0) is 16.8. The van der Waals surface area contributed by atoms with Crippen LogP contribution in [0.4, 0.5) is 5.95 Å². The van der Waals surface area contributed by atoms with Crippen LogP contribution in [-0.2, 0) is 6.61 Å². The number of hydrogen-bond acceptors (Lipinski definition) is 6. The molecule has 2 aromatic rings. The van der Waals surface area contributed by atoms with Crippen molar-refractivity contribution in [3.63, 3.8) is 0 Å². The van der Waals surface area contributed by atoms with Crippen molar-refractivity contribution in [1.29, 1.82) is 0 Å². The van der Waals surface area contributed by atoms with Crippen LogP contribution in [0.1, 0.15) is 24.8 Å². The van der Waals surface area contributed by atoms with Gasteiger partial charge in [-0.25, -0.2) is 0 Å². The van der Waals surface area contributed by atoms with Gasteiger partial charge in [-0.2, -0.15) is 9.97 Å². The van der Waals surface area contributed by atoms with E-state index in [-0.39, 0.29) is 0 Å². The van der Waals surface area contributed by atoms with Gasteiger partial charge in [-0.15, -0.1) is 0 Å². The molecule has 1 aromatic heterocycles. The summed E-state index contributed by atoms with van der Waals surface area (Å²) in [5, 5.41) is 0. The Bertz CT molecular complexity index is 633. The molecule has 0 bridgehead atoms. The highest BCUT2D eigenvalue weighted by atomic mass is 16.5. The summed E-state index contributed by atoms with van der Waals surface area (Å²) in [4.78, 5) is 11.2. The van der Waals surface area contributed by atoms with E-state index in [9.17, 15) is 0 Å². The molecule has 0 aliphatic carbocycles. The fourth-order valence-corrected chi connectivity index (χ4v) is 2.76. The second kappa shape index (κ2) is 7.86. The van der Waals surface area contributed by atoms with Gasteiger partial charge in [0.05, 0.1) is 14.2 Å². The van der Waals surface area contributed by atoms with Gasteiger partial charge in [0, 0.05) is 13.1 Å². The Labute approximate surface area is 142 Å². The molecule has 6 heteroatoms. The smallest absolute Gasteiger partial charge is 0.265 e. The number of benzene rings is 1. The Morgan fingerprint density at radius 2 is 1.54 bits per heavy atom. The molecule has 0 N–H and O–H groups in total. The van der Waals surface area contributed by atoms with Gasteiger partial charge in [0.25, 0.3) is 11.8 Å². The average Bonchev–Trinajstić information content (AvgIpc) is 2.67. The van der Waals surface area contributed by atoms with E-state index in [2.05, 4.69) is 14.9 Å². The monoisotopic (exact) mass is 329 g/mol. The third kappa shape index (κ3) is 3.69. The van der Waals surface area contributed by atoms with Crippen LogP contribution in [-0.4, -0.2) is 37.3 Å². The van der Waals surface area contributed by atoms with Crippen molar-refractivity contribution >= 4 is 5.95 Å². The molecule has 1 aromatic carbocycles. The van der Waals surface area contributed by atoms with Crippen molar-refractivity contribution in [3.8, 4) is 17.5 Å². The summed E-state index contributed by atoms with van der Waals surface area (Å²) in [6, 6.07) is 9.93. The molecular weight excluding hydrogens is 306 g/mol. The summed E-state index contributed by atoms with van der Waals surface area (Å²) in [5.74, 6) is 1.87. The summed E-state index contributed by atoms with van der Waals surface area (Å²) < 4.78 is 16.7. The Morgan fingerprint density at radius 1 is 0.917 bits per heavy atom. The quantitative estimate of drug-likeness (QED) is 0.812. The molecule has 6 nitrogen and oxygen atoms in total. The first kappa shape index (κ1) is 16.4. The zero-order valence-electron chi connectivity index (χ0n) is 14.2. The highest BCUT2D eigenvalue weighted by Gasteiger charge is 2.22. The normalized spacial score (nSPS) is 14.3. The summed E-state index contributed by atoms with van der Waals surface area (Å²) in [6.07, 6.45) is 3.56. The lowest BCUT2D eigenvalue weighted by molar-refractivity contribution is 0.255. The molecule has 0 spiro atoms. The van der Waals surface area contributed by atoms with E-state index in [1.807, 2.05) is 30.3 Å². The van der Waals surface area contributed by atoms with Crippen LogP contribution in [0.2, 0.25) is 0 Å². The van der Waals surface area contributed by atoms with Crippen molar-refractivity contribution in [1.82, 2.24) is 9.97 Å². The molecular formula is C18H23N3O3. The number of hydrogen-bond donors (Lipinski definition) is 0. The molecule has 1 saturated heterocycles. The SMILES string of the molecule is COc1nc(N2CCCCC2)nc(OC)c1OCc1ccccc1. The molecule has 0 atom stereocenters. The Hall–Kier alpha value is -2.50. The number of aromatic nitrogens is 2. The topological polar surface area (TPSA) is 56.7 Å². The van der Waals surface area contributed by atoms with Crippen LogP contribution in [0.15, 0.2) is 30.3 Å². The minimum atomic E-state index is 0.401. The lowest BCUT2D eigenvalue weighted by Crippen LogP contribution is -2.31. The highest BCUT2D eigenvalue weighted by Crippen LogP contribution is 2.36.